The molecule has 0 aromatic rings. The highest BCUT2D eigenvalue weighted by Gasteiger charge is 2.42. The van der Waals surface area contributed by atoms with Crippen LogP contribution in [0, 0.1) is 6.08 Å². The predicted molar refractivity (Wildman–Crippen MR) is 150 cm³/mol. The molecule has 0 amide bonds. The van der Waals surface area contributed by atoms with E-state index in [-0.39, 0.29) is 15.8 Å². The van der Waals surface area contributed by atoms with Gasteiger partial charge in [-0.3, -0.25) is 0 Å². The minimum Gasteiger partial charge on any atom is -0.0932 e. The normalized spacial score (nSPS) is 30.3. The molecule has 0 aromatic carbocycles. The van der Waals surface area contributed by atoms with Crippen LogP contribution >= 0.6 is 15.8 Å². The zero-order valence-electron chi connectivity index (χ0n) is 21.7. The van der Waals surface area contributed by atoms with Crippen LogP contribution in [0.15, 0.2) is 17.7 Å². The van der Waals surface area contributed by atoms with Crippen LogP contribution in [-0.4, -0.2) is 34.0 Å². The fourth-order valence-corrected chi connectivity index (χ4v) is 17.2. The number of allylic oxidation sites excluding steroid dienone is 4. The fourth-order valence-electron chi connectivity index (χ4n) is 8.41. The standard InChI is InChI=1S/C31H51P2/c1-25(32(26-15-6-2-7-16-26)27-17-8-3-9-18-27)30-23-14-24-31(30)33(28-19-10-4-11-20-28)29-21-12-5-13-22-29/h14,24-29,31H,2-13,15-22H2,1H3/t25-,31?/m1/s1. The first kappa shape index (κ1) is 25.0. The van der Waals surface area contributed by atoms with Crippen molar-refractivity contribution in [3.05, 3.63) is 23.8 Å². The van der Waals surface area contributed by atoms with E-state index < -0.39 is 0 Å². The maximum absolute atomic E-state index is 3.99. The van der Waals surface area contributed by atoms with E-state index in [2.05, 4.69) is 25.2 Å². The monoisotopic (exact) mass is 485 g/mol. The summed E-state index contributed by atoms with van der Waals surface area (Å²) in [6.45, 7) is 2.71. The molecule has 0 bridgehead atoms. The molecule has 5 aliphatic carbocycles. The highest BCUT2D eigenvalue weighted by Crippen LogP contribution is 2.66. The molecule has 0 spiro atoms. The average molecular weight is 486 g/mol. The third kappa shape index (κ3) is 6.02. The Morgan fingerprint density at radius 1 is 0.606 bits per heavy atom. The Kier molecular flexibility index (Phi) is 9.50. The van der Waals surface area contributed by atoms with E-state index in [0.717, 1.165) is 34.0 Å². The SMILES string of the molecule is C[C@H](C1=[C]C=CC1P(C1CCCCC1)C1CCCCC1)P(C1CCCCC1)C1CCCCC1. The Balaban J connectivity index is 1.39. The van der Waals surface area contributed by atoms with E-state index in [1.54, 1.807) is 51.4 Å². The molecule has 1 unspecified atom stereocenters. The van der Waals surface area contributed by atoms with Gasteiger partial charge in [0.15, 0.2) is 0 Å². The van der Waals surface area contributed by atoms with Crippen molar-refractivity contribution in [3.8, 4) is 0 Å². The molecule has 0 aromatic heterocycles. The van der Waals surface area contributed by atoms with Crippen molar-refractivity contribution >= 4 is 15.8 Å². The van der Waals surface area contributed by atoms with Gasteiger partial charge in [-0.1, -0.05) is 112 Å². The topological polar surface area (TPSA) is 0 Å². The molecule has 0 nitrogen and oxygen atoms in total. The number of hydrogen-bond acceptors (Lipinski definition) is 0. The van der Waals surface area contributed by atoms with Crippen LogP contribution in [0.25, 0.3) is 0 Å². The first-order chi connectivity index (χ1) is 16.3. The summed E-state index contributed by atoms with van der Waals surface area (Å²) in [6.07, 6.45) is 39.7. The van der Waals surface area contributed by atoms with Crippen molar-refractivity contribution in [2.24, 2.45) is 0 Å². The minimum atomic E-state index is 0.0945. The lowest BCUT2D eigenvalue weighted by molar-refractivity contribution is 0.481. The van der Waals surface area contributed by atoms with Crippen molar-refractivity contribution in [1.29, 1.82) is 0 Å². The summed E-state index contributed by atoms with van der Waals surface area (Å²) in [6, 6.07) is 0. The van der Waals surface area contributed by atoms with Crippen LogP contribution in [0.5, 0.6) is 0 Å². The summed E-state index contributed by atoms with van der Waals surface area (Å²) in [4.78, 5) is 0. The summed E-state index contributed by atoms with van der Waals surface area (Å²) >= 11 is 0. The van der Waals surface area contributed by atoms with Crippen LogP contribution in [0.1, 0.15) is 135 Å². The van der Waals surface area contributed by atoms with E-state index in [1.165, 1.54) is 77.0 Å². The molecule has 5 aliphatic rings. The van der Waals surface area contributed by atoms with Crippen molar-refractivity contribution in [2.45, 2.75) is 169 Å². The second-order valence-corrected chi connectivity index (χ2v) is 18.2. The highest BCUT2D eigenvalue weighted by atomic mass is 31.1. The maximum atomic E-state index is 3.99. The second-order valence-electron chi connectivity index (χ2n) is 12.1. The highest BCUT2D eigenvalue weighted by molar-refractivity contribution is 7.61. The molecule has 185 valence electrons. The molecule has 0 saturated heterocycles. The fraction of sp³-hybridized carbons (Fsp3) is 0.871. The van der Waals surface area contributed by atoms with Crippen LogP contribution in [-0.2, 0) is 0 Å². The van der Waals surface area contributed by atoms with Gasteiger partial charge >= 0.3 is 0 Å². The average Bonchev–Trinajstić information content (AvgIpc) is 3.36. The quantitative estimate of drug-likeness (QED) is 0.315. The maximum Gasteiger partial charge on any atom is 0.0203 e. The van der Waals surface area contributed by atoms with E-state index in [9.17, 15) is 0 Å². The van der Waals surface area contributed by atoms with E-state index >= 15 is 0 Å². The predicted octanol–water partition coefficient (Wildman–Crippen LogP) is 10.3. The third-order valence-electron chi connectivity index (χ3n) is 10.1. The number of rotatable bonds is 7. The summed E-state index contributed by atoms with van der Waals surface area (Å²) in [5.74, 6) is 0. The van der Waals surface area contributed by atoms with Gasteiger partial charge in [0, 0.05) is 5.66 Å². The molecule has 0 heterocycles. The minimum absolute atomic E-state index is 0.0945. The van der Waals surface area contributed by atoms with Gasteiger partial charge in [0.2, 0.25) is 0 Å². The van der Waals surface area contributed by atoms with Gasteiger partial charge in [0.1, 0.15) is 0 Å². The lowest BCUT2D eigenvalue weighted by Crippen LogP contribution is -2.31. The van der Waals surface area contributed by atoms with E-state index in [4.69, 9.17) is 0 Å². The van der Waals surface area contributed by atoms with Gasteiger partial charge in [-0.15, -0.1) is 0 Å². The Hall–Kier alpha value is 0.340. The first-order valence-electron chi connectivity index (χ1n) is 15.2. The van der Waals surface area contributed by atoms with Crippen LogP contribution in [0.3, 0.4) is 0 Å². The van der Waals surface area contributed by atoms with Crippen LogP contribution in [0.4, 0.5) is 0 Å². The summed E-state index contributed by atoms with van der Waals surface area (Å²) in [7, 11) is 0.210. The van der Waals surface area contributed by atoms with E-state index in [0.29, 0.717) is 0 Å². The van der Waals surface area contributed by atoms with Crippen LogP contribution < -0.4 is 0 Å². The molecule has 5 rings (SSSR count). The molecule has 4 saturated carbocycles. The molecule has 2 heteroatoms. The van der Waals surface area contributed by atoms with Gasteiger partial charge in [0.25, 0.3) is 0 Å². The molecular weight excluding hydrogens is 434 g/mol. The Morgan fingerprint density at radius 2 is 1.00 bits per heavy atom. The smallest absolute Gasteiger partial charge is 0.0203 e. The van der Waals surface area contributed by atoms with Crippen LogP contribution in [0.2, 0.25) is 0 Å². The lowest BCUT2D eigenvalue weighted by atomic mass is 9.99. The summed E-state index contributed by atoms with van der Waals surface area (Å²) < 4.78 is 0. The van der Waals surface area contributed by atoms with Crippen molar-refractivity contribution in [1.82, 2.24) is 0 Å². The molecule has 33 heavy (non-hydrogen) atoms. The van der Waals surface area contributed by atoms with Gasteiger partial charge in [-0.05, 0) is 91.3 Å². The largest absolute Gasteiger partial charge is 0.0932 e. The molecule has 2 atom stereocenters. The first-order valence-corrected chi connectivity index (χ1v) is 18.3. The van der Waals surface area contributed by atoms with Crippen molar-refractivity contribution in [2.75, 3.05) is 0 Å². The van der Waals surface area contributed by atoms with Crippen molar-refractivity contribution < 1.29 is 0 Å². The molecule has 0 N–H and O–H groups in total. The summed E-state index contributed by atoms with van der Waals surface area (Å²) in [5.41, 5.74) is 7.73. The Bertz CT molecular complexity index is 606. The van der Waals surface area contributed by atoms with Crippen molar-refractivity contribution in [3.63, 3.8) is 0 Å². The second kappa shape index (κ2) is 12.5. The van der Waals surface area contributed by atoms with Gasteiger partial charge in [-0.2, -0.15) is 0 Å². The zero-order chi connectivity index (χ0) is 22.5. The van der Waals surface area contributed by atoms with E-state index in [1.807, 2.05) is 5.57 Å². The summed E-state index contributed by atoms with van der Waals surface area (Å²) in [5, 5.41) is 0. The van der Waals surface area contributed by atoms with Gasteiger partial charge < -0.3 is 0 Å². The third-order valence-corrected chi connectivity index (χ3v) is 17.8. The van der Waals surface area contributed by atoms with Gasteiger partial charge in [-0.25, -0.2) is 0 Å². The Labute approximate surface area is 208 Å². The van der Waals surface area contributed by atoms with Gasteiger partial charge in [0.05, 0.1) is 0 Å². The molecule has 0 aliphatic heterocycles. The molecular formula is C31H51P2. The zero-order valence-corrected chi connectivity index (χ0v) is 23.4. The molecule has 1 radical (unpaired) electrons. The molecule has 4 fully saturated rings. The number of hydrogen-bond donors (Lipinski definition) is 0. The Morgan fingerprint density at radius 3 is 1.42 bits per heavy atom. The lowest BCUT2D eigenvalue weighted by Gasteiger charge is -2.46.